The highest BCUT2D eigenvalue weighted by Crippen LogP contribution is 2.74. The van der Waals surface area contributed by atoms with Crippen LogP contribution < -0.4 is 0 Å². The topological polar surface area (TPSA) is 0 Å². The van der Waals surface area contributed by atoms with Crippen LogP contribution in [0.1, 0.15) is 129 Å². The summed E-state index contributed by atoms with van der Waals surface area (Å²) in [6.45, 7) is 35.8. The highest BCUT2D eigenvalue weighted by atomic mass is 14.7. The molecule has 0 fully saturated rings. The Morgan fingerprint density at radius 1 is 0.974 bits per heavy atom. The second-order valence-electron chi connectivity index (χ2n) is 13.8. The van der Waals surface area contributed by atoms with E-state index >= 15 is 0 Å². The molecule has 0 aromatic heterocycles. The molecule has 0 heteroatoms. The Balaban J connectivity index is 1.93. The number of hydrogen-bond acceptors (Lipinski definition) is 0. The van der Waals surface area contributed by atoms with Crippen LogP contribution in [0, 0.1) is 29.1 Å². The van der Waals surface area contributed by atoms with Gasteiger partial charge in [0.05, 0.1) is 0 Å². The van der Waals surface area contributed by atoms with Crippen LogP contribution in [0.3, 0.4) is 0 Å². The van der Waals surface area contributed by atoms with Crippen LogP contribution in [-0.4, -0.2) is 0 Å². The number of aryl methyl sites for hydroxylation is 1. The molecule has 0 saturated heterocycles. The van der Waals surface area contributed by atoms with Crippen molar-refractivity contribution in [2.24, 2.45) is 22.2 Å². The van der Waals surface area contributed by atoms with E-state index in [1.165, 1.54) is 89.5 Å². The summed E-state index contributed by atoms with van der Waals surface area (Å²) in [6, 6.07) is 7.00. The van der Waals surface area contributed by atoms with Crippen LogP contribution in [-0.2, 0) is 0 Å². The summed E-state index contributed by atoms with van der Waals surface area (Å²) in [5, 5.41) is 0. The smallest absolute Gasteiger partial charge is 0.0196 e. The van der Waals surface area contributed by atoms with Crippen molar-refractivity contribution in [3.63, 3.8) is 0 Å². The van der Waals surface area contributed by atoms with E-state index in [1.54, 1.807) is 5.56 Å². The third-order valence-corrected chi connectivity index (χ3v) is 11.9. The maximum Gasteiger partial charge on any atom is 0.0196 e. The lowest BCUT2D eigenvalue weighted by Gasteiger charge is -2.67. The van der Waals surface area contributed by atoms with E-state index in [1.807, 2.05) is 0 Å². The molecule has 0 spiro atoms. The summed E-state index contributed by atoms with van der Waals surface area (Å²) < 4.78 is 0. The largest absolute Gasteiger partial charge is 0.0955 e. The molecule has 0 bridgehead atoms. The van der Waals surface area contributed by atoms with Gasteiger partial charge in [0.25, 0.3) is 0 Å². The fraction of sp³-hybridized carbons (Fsp3) is 0.579. The average Bonchev–Trinajstić information content (AvgIpc) is 2.84. The lowest BCUT2D eigenvalue weighted by molar-refractivity contribution is -0.0299. The Morgan fingerprint density at radius 3 is 2.24 bits per heavy atom. The summed E-state index contributed by atoms with van der Waals surface area (Å²) in [7, 11) is 0. The number of benzene rings is 1. The molecular weight excluding hydrogens is 456 g/mol. The van der Waals surface area contributed by atoms with Gasteiger partial charge in [0.15, 0.2) is 0 Å². The first kappa shape index (κ1) is 28.9. The number of fused-ring (bicyclic) bond motifs is 3. The van der Waals surface area contributed by atoms with Gasteiger partial charge in [-0.3, -0.25) is 0 Å². The first-order chi connectivity index (χ1) is 17.8. The lowest BCUT2D eigenvalue weighted by atomic mass is 9.36. The molecule has 3 aliphatic rings. The predicted octanol–water partition coefficient (Wildman–Crippen LogP) is 11.7. The van der Waals surface area contributed by atoms with Crippen molar-refractivity contribution in [3.8, 4) is 0 Å². The second kappa shape index (κ2) is 10.1. The van der Waals surface area contributed by atoms with E-state index in [-0.39, 0.29) is 16.2 Å². The third kappa shape index (κ3) is 3.83. The van der Waals surface area contributed by atoms with E-state index < -0.39 is 0 Å². The molecule has 206 valence electrons. The maximum absolute atomic E-state index is 4.86. The Bertz CT molecular complexity index is 1230. The van der Waals surface area contributed by atoms with Crippen LogP contribution in [0.5, 0.6) is 0 Å². The molecule has 0 N–H and O–H groups in total. The minimum Gasteiger partial charge on any atom is -0.0955 e. The van der Waals surface area contributed by atoms with E-state index in [0.29, 0.717) is 11.8 Å². The van der Waals surface area contributed by atoms with Crippen LogP contribution in [0.4, 0.5) is 0 Å². The van der Waals surface area contributed by atoms with Gasteiger partial charge in [0, 0.05) is 10.8 Å². The molecule has 0 radical (unpaired) electrons. The first-order valence-corrected chi connectivity index (χ1v) is 15.4. The van der Waals surface area contributed by atoms with E-state index in [4.69, 9.17) is 13.2 Å². The van der Waals surface area contributed by atoms with E-state index in [0.717, 1.165) is 12.0 Å². The molecule has 0 aliphatic heterocycles. The lowest BCUT2D eigenvalue weighted by Crippen LogP contribution is -2.58. The quantitative estimate of drug-likeness (QED) is 0.305. The Morgan fingerprint density at radius 2 is 1.61 bits per heavy atom. The molecule has 5 atom stereocenters. The fourth-order valence-electron chi connectivity index (χ4n) is 9.52. The number of unbranched alkanes of at least 4 members (excludes halogenated alkanes) is 5. The molecule has 4 rings (SSSR count). The van der Waals surface area contributed by atoms with Gasteiger partial charge < -0.3 is 0 Å². The molecule has 3 aliphatic carbocycles. The first-order valence-electron chi connectivity index (χ1n) is 15.4. The molecule has 38 heavy (non-hydrogen) atoms. The second-order valence-corrected chi connectivity index (χ2v) is 13.8. The Kier molecular flexibility index (Phi) is 7.72. The summed E-state index contributed by atoms with van der Waals surface area (Å²) in [6.07, 6.45) is 10.4. The zero-order chi connectivity index (χ0) is 28.2. The van der Waals surface area contributed by atoms with Gasteiger partial charge in [-0.15, -0.1) is 0 Å². The van der Waals surface area contributed by atoms with Crippen molar-refractivity contribution < 1.29 is 0 Å². The monoisotopic (exact) mass is 510 g/mol. The molecule has 1 aromatic rings. The molecule has 0 unspecified atom stereocenters. The van der Waals surface area contributed by atoms with E-state index in [2.05, 4.69) is 87.1 Å². The fourth-order valence-corrected chi connectivity index (χ4v) is 9.52. The van der Waals surface area contributed by atoms with Crippen molar-refractivity contribution in [2.75, 3.05) is 0 Å². The van der Waals surface area contributed by atoms with Crippen molar-refractivity contribution in [1.29, 1.82) is 0 Å². The minimum absolute atomic E-state index is 0.0426. The molecule has 1 aromatic carbocycles. The summed E-state index contributed by atoms with van der Waals surface area (Å²) >= 11 is 0. The maximum atomic E-state index is 4.86. The molecule has 0 nitrogen and oxygen atoms in total. The minimum atomic E-state index is -0.122. The number of allylic oxidation sites excluding steroid dienone is 7. The normalized spacial score (nSPS) is 32.8. The predicted molar refractivity (Wildman–Crippen MR) is 168 cm³/mol. The molecular formula is C38H54. The Labute approximate surface area is 235 Å². The standard InChI is InChI=1S/C38H54/c1-13-14-15-16-17-18-22-32-31-21-19-20-25(4)34(31)27(6)35-29(8)38(12)28(7)33(24(2)3)26(5)23-36(38,10)30(9)37(32,35)11/h19-21,30,32H,2,6-7,13-18,22-23H2,1,3-5,8-12H3/t30-,32+,36-,37-,38+/m0/s1. The molecule has 0 heterocycles. The van der Waals surface area contributed by atoms with Crippen LogP contribution in [0.15, 0.2) is 71.4 Å². The molecule has 0 saturated carbocycles. The zero-order valence-corrected chi connectivity index (χ0v) is 26.2. The van der Waals surface area contributed by atoms with Crippen molar-refractivity contribution in [3.05, 3.63) is 88.1 Å². The van der Waals surface area contributed by atoms with Crippen LogP contribution in [0.25, 0.3) is 5.57 Å². The average molecular weight is 511 g/mol. The van der Waals surface area contributed by atoms with Gasteiger partial charge >= 0.3 is 0 Å². The number of rotatable bonds is 8. The van der Waals surface area contributed by atoms with Crippen molar-refractivity contribution >= 4 is 5.57 Å². The Hall–Kier alpha value is -2.08. The summed E-state index contributed by atoms with van der Waals surface area (Å²) in [5.41, 5.74) is 13.8. The van der Waals surface area contributed by atoms with Crippen LogP contribution in [0.2, 0.25) is 0 Å². The third-order valence-electron chi connectivity index (χ3n) is 11.9. The molecule has 0 amide bonds. The van der Waals surface area contributed by atoms with Gasteiger partial charge in [-0.25, -0.2) is 0 Å². The van der Waals surface area contributed by atoms with Gasteiger partial charge in [-0.2, -0.15) is 0 Å². The van der Waals surface area contributed by atoms with E-state index in [9.17, 15) is 0 Å². The van der Waals surface area contributed by atoms with Crippen molar-refractivity contribution in [2.45, 2.75) is 120 Å². The van der Waals surface area contributed by atoms with Gasteiger partial charge in [0.1, 0.15) is 0 Å². The van der Waals surface area contributed by atoms with Gasteiger partial charge in [0.2, 0.25) is 0 Å². The highest BCUT2D eigenvalue weighted by Gasteiger charge is 2.65. The highest BCUT2D eigenvalue weighted by molar-refractivity contribution is 5.87. The van der Waals surface area contributed by atoms with Crippen LogP contribution >= 0.6 is 0 Å². The summed E-state index contributed by atoms with van der Waals surface area (Å²) in [5.74, 6) is 0.989. The van der Waals surface area contributed by atoms with Crippen molar-refractivity contribution in [1.82, 2.24) is 0 Å². The number of hydrogen-bond donors (Lipinski definition) is 0. The summed E-state index contributed by atoms with van der Waals surface area (Å²) in [4.78, 5) is 0. The zero-order valence-electron chi connectivity index (χ0n) is 26.2. The van der Waals surface area contributed by atoms with Gasteiger partial charge in [-0.05, 0) is 96.8 Å². The van der Waals surface area contributed by atoms with Gasteiger partial charge in [-0.1, -0.05) is 128 Å². The SMILES string of the molecule is C=C(C)C1=C(C)C[C@@]2(C)[C@H](C)[C@]3(C)C(=C(C)[C@@]2(C)C1=C)C(=C)c1c(C)cccc1[C@H]3CCCCCCCC.